The first kappa shape index (κ1) is 18.5. The van der Waals surface area contributed by atoms with Crippen molar-refractivity contribution in [2.45, 2.75) is 26.7 Å². The average molecular weight is 396 g/mol. The van der Waals surface area contributed by atoms with Gasteiger partial charge in [-0.1, -0.05) is 113 Å². The van der Waals surface area contributed by atoms with Gasteiger partial charge in [0.1, 0.15) is 0 Å². The first-order valence-corrected chi connectivity index (χ1v) is 11.2. The van der Waals surface area contributed by atoms with Crippen LogP contribution in [0.3, 0.4) is 0 Å². The largest absolute Gasteiger partial charge is 0.243 e. The molecule has 0 N–H and O–H groups in total. The molecule has 31 heavy (non-hydrogen) atoms. The minimum Gasteiger partial charge on any atom is -0.0985 e. The summed E-state index contributed by atoms with van der Waals surface area (Å²) in [5.41, 5.74) is 17.2. The summed E-state index contributed by atoms with van der Waals surface area (Å²) in [6.45, 7) is 8.83. The third kappa shape index (κ3) is 2.77. The van der Waals surface area contributed by atoms with E-state index in [0.717, 1.165) is 18.4 Å². The number of hydrogen-bond donors (Lipinski definition) is 0. The van der Waals surface area contributed by atoms with E-state index in [0.29, 0.717) is 6.71 Å². The number of benzene rings is 4. The van der Waals surface area contributed by atoms with Crippen LogP contribution in [0.1, 0.15) is 38.9 Å². The fourth-order valence-electron chi connectivity index (χ4n) is 5.91. The lowest BCUT2D eigenvalue weighted by atomic mass is 9.29. The highest BCUT2D eigenvalue weighted by atomic mass is 14.3. The van der Waals surface area contributed by atoms with Crippen LogP contribution in [0, 0.1) is 13.8 Å². The molecule has 6 rings (SSSR count). The fraction of sp³-hybridized carbons (Fsp3) is 0.133. The second kappa shape index (κ2) is 6.85. The molecule has 1 heteroatoms. The van der Waals surface area contributed by atoms with Crippen LogP contribution in [-0.4, -0.2) is 6.71 Å². The SMILES string of the molecule is C=Cc1ccc(-c2cc(C)c3c(c2)Cc2cccc4c2B3c2c(C)cccc2C4)cc1. The van der Waals surface area contributed by atoms with Crippen molar-refractivity contribution in [2.24, 2.45) is 0 Å². The average Bonchev–Trinajstić information content (AvgIpc) is 2.78. The van der Waals surface area contributed by atoms with Crippen LogP contribution in [0.4, 0.5) is 0 Å². The summed E-state index contributed by atoms with van der Waals surface area (Å²) in [5.74, 6) is 0. The van der Waals surface area contributed by atoms with Crippen molar-refractivity contribution in [3.05, 3.63) is 118 Å². The van der Waals surface area contributed by atoms with Gasteiger partial charge in [0.15, 0.2) is 0 Å². The van der Waals surface area contributed by atoms with E-state index in [9.17, 15) is 0 Å². The Balaban J connectivity index is 1.59. The van der Waals surface area contributed by atoms with Gasteiger partial charge >= 0.3 is 0 Å². The maximum atomic E-state index is 3.88. The van der Waals surface area contributed by atoms with E-state index in [-0.39, 0.29) is 0 Å². The molecule has 2 aliphatic rings. The highest BCUT2D eigenvalue weighted by Gasteiger charge is 2.38. The molecule has 4 aromatic carbocycles. The van der Waals surface area contributed by atoms with Gasteiger partial charge in [0.05, 0.1) is 0 Å². The van der Waals surface area contributed by atoms with Gasteiger partial charge < -0.3 is 0 Å². The molecule has 0 aromatic heterocycles. The highest BCUT2D eigenvalue weighted by Crippen LogP contribution is 2.28. The molecule has 0 spiro atoms. The summed E-state index contributed by atoms with van der Waals surface area (Å²) in [6, 6.07) is 27.3. The van der Waals surface area contributed by atoms with E-state index in [2.05, 4.69) is 93.2 Å². The predicted octanol–water partition coefficient (Wildman–Crippen LogP) is 4.94. The number of aryl methyl sites for hydroxylation is 2. The van der Waals surface area contributed by atoms with Gasteiger partial charge in [-0.3, -0.25) is 0 Å². The van der Waals surface area contributed by atoms with E-state index in [1.807, 2.05) is 6.08 Å². The molecule has 0 saturated heterocycles. The van der Waals surface area contributed by atoms with Crippen molar-refractivity contribution in [1.82, 2.24) is 0 Å². The van der Waals surface area contributed by atoms with Crippen LogP contribution in [0.25, 0.3) is 17.2 Å². The third-order valence-corrected chi connectivity index (χ3v) is 7.28. The Morgan fingerprint density at radius 3 is 1.97 bits per heavy atom. The van der Waals surface area contributed by atoms with Crippen molar-refractivity contribution in [1.29, 1.82) is 0 Å². The second-order valence-corrected chi connectivity index (χ2v) is 9.12. The smallest absolute Gasteiger partial charge is 0.0985 e. The van der Waals surface area contributed by atoms with Gasteiger partial charge in [0, 0.05) is 0 Å². The number of fused-ring (bicyclic) bond motifs is 4. The summed E-state index contributed by atoms with van der Waals surface area (Å²) in [6.07, 6.45) is 3.98. The molecule has 0 fully saturated rings. The van der Waals surface area contributed by atoms with Gasteiger partial charge in [-0.05, 0) is 65.6 Å². The topological polar surface area (TPSA) is 0 Å². The Hall–Kier alpha value is -3.32. The predicted molar refractivity (Wildman–Crippen MR) is 135 cm³/mol. The molecule has 0 nitrogen and oxygen atoms in total. The van der Waals surface area contributed by atoms with E-state index in [1.54, 1.807) is 5.46 Å². The first-order chi connectivity index (χ1) is 15.1. The highest BCUT2D eigenvalue weighted by molar-refractivity contribution is 6.97. The lowest BCUT2D eigenvalue weighted by molar-refractivity contribution is 1.14. The van der Waals surface area contributed by atoms with Crippen molar-refractivity contribution in [2.75, 3.05) is 0 Å². The second-order valence-electron chi connectivity index (χ2n) is 9.12. The maximum Gasteiger partial charge on any atom is 0.243 e. The zero-order valence-electron chi connectivity index (χ0n) is 18.2. The molecule has 148 valence electrons. The minimum absolute atomic E-state index is 0.358. The zero-order chi connectivity index (χ0) is 21.1. The standard InChI is InChI=1S/C30H25B/c1-4-21-11-13-22(14-12-21)26-15-20(3)29-27(18-26)17-25-10-6-9-24-16-23-8-5-7-19(2)28(23)31(29)30(24)25/h4-15,18H,1,16-17H2,2-3H3. The molecule has 0 radical (unpaired) electrons. The third-order valence-electron chi connectivity index (χ3n) is 7.28. The summed E-state index contributed by atoms with van der Waals surface area (Å²) >= 11 is 0. The summed E-state index contributed by atoms with van der Waals surface area (Å²) in [7, 11) is 0. The van der Waals surface area contributed by atoms with Gasteiger partial charge in [-0.25, -0.2) is 0 Å². The van der Waals surface area contributed by atoms with Crippen molar-refractivity contribution < 1.29 is 0 Å². The number of rotatable bonds is 2. The van der Waals surface area contributed by atoms with Crippen LogP contribution < -0.4 is 16.4 Å². The van der Waals surface area contributed by atoms with E-state index >= 15 is 0 Å². The molecule has 4 aromatic rings. The first-order valence-electron chi connectivity index (χ1n) is 11.2. The molecule has 0 aliphatic carbocycles. The fourth-order valence-corrected chi connectivity index (χ4v) is 5.91. The van der Waals surface area contributed by atoms with E-state index in [1.165, 1.54) is 55.4 Å². The molecular weight excluding hydrogens is 371 g/mol. The van der Waals surface area contributed by atoms with Gasteiger partial charge in [-0.2, -0.15) is 0 Å². The Morgan fingerprint density at radius 1 is 0.645 bits per heavy atom. The quantitative estimate of drug-likeness (QED) is 0.364. The Labute approximate surface area is 185 Å². The van der Waals surface area contributed by atoms with Crippen molar-refractivity contribution in [3.63, 3.8) is 0 Å². The molecule has 0 unspecified atom stereocenters. The minimum atomic E-state index is 0.358. The Bertz CT molecular complexity index is 1340. The summed E-state index contributed by atoms with van der Waals surface area (Å²) in [5, 5.41) is 0. The lowest BCUT2D eigenvalue weighted by Crippen LogP contribution is -2.62. The molecule has 0 atom stereocenters. The molecule has 2 heterocycles. The van der Waals surface area contributed by atoms with Gasteiger partial charge in [0.2, 0.25) is 6.71 Å². The normalized spacial score (nSPS) is 13.3. The van der Waals surface area contributed by atoms with Gasteiger partial charge in [0.25, 0.3) is 0 Å². The van der Waals surface area contributed by atoms with E-state index in [4.69, 9.17) is 0 Å². The lowest BCUT2D eigenvalue weighted by Gasteiger charge is -2.36. The summed E-state index contributed by atoms with van der Waals surface area (Å²) < 4.78 is 0. The van der Waals surface area contributed by atoms with Crippen LogP contribution >= 0.6 is 0 Å². The molecule has 0 amide bonds. The van der Waals surface area contributed by atoms with Crippen LogP contribution in [0.5, 0.6) is 0 Å². The molecule has 2 aliphatic heterocycles. The molecule has 0 saturated carbocycles. The Kier molecular flexibility index (Phi) is 4.08. The monoisotopic (exact) mass is 396 g/mol. The summed E-state index contributed by atoms with van der Waals surface area (Å²) in [4.78, 5) is 0. The Morgan fingerprint density at radius 2 is 1.26 bits per heavy atom. The maximum absolute atomic E-state index is 3.88. The molecule has 0 bridgehead atoms. The van der Waals surface area contributed by atoms with Crippen molar-refractivity contribution in [3.8, 4) is 11.1 Å². The van der Waals surface area contributed by atoms with Crippen LogP contribution in [0.2, 0.25) is 0 Å². The van der Waals surface area contributed by atoms with Gasteiger partial charge in [-0.15, -0.1) is 0 Å². The van der Waals surface area contributed by atoms with Crippen LogP contribution in [-0.2, 0) is 12.8 Å². The number of hydrogen-bond acceptors (Lipinski definition) is 0. The van der Waals surface area contributed by atoms with Crippen molar-refractivity contribution >= 4 is 29.2 Å². The zero-order valence-corrected chi connectivity index (χ0v) is 18.2. The molecular formula is C30H25B. The van der Waals surface area contributed by atoms with E-state index < -0.39 is 0 Å². The van der Waals surface area contributed by atoms with Crippen LogP contribution in [0.15, 0.2) is 79.4 Å².